The molecule has 1 rings (SSSR count). The van der Waals surface area contributed by atoms with Crippen molar-refractivity contribution in [3.63, 3.8) is 0 Å². The van der Waals surface area contributed by atoms with Crippen LogP contribution >= 0.6 is 0 Å². The molecule has 110 valence electrons. The first kappa shape index (κ1) is 16.4. The standard InChI is InChI=1S/C17H26N2O/c1-3-4-5-6-7-9-15(2)19-16-10-8-11-17(14-16)20-13-12-18/h8,10-11,14-15,19H,3-7,9,13H2,1-2H3. The zero-order valence-corrected chi connectivity index (χ0v) is 12.7. The molecule has 0 aromatic heterocycles. The number of ether oxygens (including phenoxy) is 1. The van der Waals surface area contributed by atoms with Crippen molar-refractivity contribution in [2.75, 3.05) is 11.9 Å². The highest BCUT2D eigenvalue weighted by atomic mass is 16.5. The van der Waals surface area contributed by atoms with Crippen LogP contribution in [0.25, 0.3) is 0 Å². The zero-order chi connectivity index (χ0) is 14.6. The third kappa shape index (κ3) is 7.04. The van der Waals surface area contributed by atoms with Gasteiger partial charge in [0.1, 0.15) is 11.8 Å². The number of unbranched alkanes of at least 4 members (excludes halogenated alkanes) is 4. The third-order valence-corrected chi connectivity index (χ3v) is 3.29. The molecule has 0 fully saturated rings. The first-order valence-corrected chi connectivity index (χ1v) is 7.62. The molecule has 20 heavy (non-hydrogen) atoms. The molecule has 1 N–H and O–H groups in total. The van der Waals surface area contributed by atoms with Gasteiger partial charge >= 0.3 is 0 Å². The molecular weight excluding hydrogens is 248 g/mol. The summed E-state index contributed by atoms with van der Waals surface area (Å²) in [4.78, 5) is 0. The zero-order valence-electron chi connectivity index (χ0n) is 12.7. The highest BCUT2D eigenvalue weighted by molar-refractivity contribution is 5.48. The summed E-state index contributed by atoms with van der Waals surface area (Å²) in [5.41, 5.74) is 1.06. The van der Waals surface area contributed by atoms with Crippen molar-refractivity contribution in [3.05, 3.63) is 24.3 Å². The fourth-order valence-corrected chi connectivity index (χ4v) is 2.20. The lowest BCUT2D eigenvalue weighted by molar-refractivity contribution is 0.368. The van der Waals surface area contributed by atoms with Crippen LogP contribution in [0.5, 0.6) is 5.75 Å². The van der Waals surface area contributed by atoms with Crippen molar-refractivity contribution in [2.45, 2.75) is 58.4 Å². The van der Waals surface area contributed by atoms with E-state index in [-0.39, 0.29) is 6.61 Å². The Morgan fingerprint density at radius 2 is 2.05 bits per heavy atom. The van der Waals surface area contributed by atoms with Gasteiger partial charge in [-0.2, -0.15) is 5.26 Å². The number of nitrogens with zero attached hydrogens (tertiary/aromatic N) is 1. The summed E-state index contributed by atoms with van der Waals surface area (Å²) in [6.45, 7) is 4.55. The molecule has 0 saturated carbocycles. The largest absolute Gasteiger partial charge is 0.479 e. The van der Waals surface area contributed by atoms with Crippen LogP contribution in [0.4, 0.5) is 5.69 Å². The fraction of sp³-hybridized carbons (Fsp3) is 0.588. The van der Waals surface area contributed by atoms with Gasteiger partial charge in [0, 0.05) is 17.8 Å². The van der Waals surface area contributed by atoms with Crippen molar-refractivity contribution in [3.8, 4) is 11.8 Å². The van der Waals surface area contributed by atoms with E-state index in [0.717, 1.165) is 11.4 Å². The van der Waals surface area contributed by atoms with Gasteiger partial charge in [-0.1, -0.05) is 45.1 Å². The normalized spacial score (nSPS) is 11.7. The summed E-state index contributed by atoms with van der Waals surface area (Å²) >= 11 is 0. The van der Waals surface area contributed by atoms with Gasteiger partial charge in [-0.25, -0.2) is 0 Å². The molecule has 3 nitrogen and oxygen atoms in total. The van der Waals surface area contributed by atoms with Gasteiger partial charge in [0.2, 0.25) is 0 Å². The first-order valence-electron chi connectivity index (χ1n) is 7.62. The topological polar surface area (TPSA) is 45.0 Å². The molecule has 1 aromatic rings. The molecule has 0 aliphatic heterocycles. The maximum atomic E-state index is 8.51. The minimum Gasteiger partial charge on any atom is -0.479 e. The quantitative estimate of drug-likeness (QED) is 0.626. The maximum absolute atomic E-state index is 8.51. The van der Waals surface area contributed by atoms with Crippen molar-refractivity contribution in [2.24, 2.45) is 0 Å². The molecule has 0 amide bonds. The van der Waals surface area contributed by atoms with Crippen LogP contribution in [0.1, 0.15) is 52.4 Å². The monoisotopic (exact) mass is 274 g/mol. The van der Waals surface area contributed by atoms with Gasteiger partial charge in [0.05, 0.1) is 0 Å². The molecule has 0 radical (unpaired) electrons. The van der Waals surface area contributed by atoms with E-state index in [4.69, 9.17) is 10.00 Å². The average molecular weight is 274 g/mol. The van der Waals surface area contributed by atoms with Crippen molar-refractivity contribution < 1.29 is 4.74 Å². The van der Waals surface area contributed by atoms with E-state index in [9.17, 15) is 0 Å². The van der Waals surface area contributed by atoms with Crippen LogP contribution < -0.4 is 10.1 Å². The molecule has 0 saturated heterocycles. The van der Waals surface area contributed by atoms with Crippen molar-refractivity contribution in [1.29, 1.82) is 5.26 Å². The molecule has 0 spiro atoms. The van der Waals surface area contributed by atoms with Crippen LogP contribution in [0, 0.1) is 11.3 Å². The first-order chi connectivity index (χ1) is 9.76. The number of anilines is 1. The molecule has 1 aromatic carbocycles. The van der Waals surface area contributed by atoms with Crippen LogP contribution in [0.15, 0.2) is 24.3 Å². The Kier molecular flexibility index (Phi) is 8.30. The van der Waals surface area contributed by atoms with Crippen LogP contribution in [-0.4, -0.2) is 12.6 Å². The Morgan fingerprint density at radius 3 is 2.80 bits per heavy atom. The minimum atomic E-state index is 0.0937. The second kappa shape index (κ2) is 10.1. The molecule has 0 aliphatic carbocycles. The van der Waals surface area contributed by atoms with E-state index in [1.54, 1.807) is 0 Å². The summed E-state index contributed by atoms with van der Waals surface area (Å²) in [5, 5.41) is 12.0. The Bertz CT molecular complexity index is 412. The molecule has 1 unspecified atom stereocenters. The molecule has 0 bridgehead atoms. The van der Waals surface area contributed by atoms with Crippen LogP contribution in [0.2, 0.25) is 0 Å². The van der Waals surface area contributed by atoms with Gasteiger partial charge in [0.25, 0.3) is 0 Å². The number of hydrogen-bond acceptors (Lipinski definition) is 3. The van der Waals surface area contributed by atoms with E-state index >= 15 is 0 Å². The van der Waals surface area contributed by atoms with Gasteiger partial charge in [-0.15, -0.1) is 0 Å². The van der Waals surface area contributed by atoms with Gasteiger partial charge in [-0.3, -0.25) is 0 Å². The Labute approximate surface area is 123 Å². The second-order valence-corrected chi connectivity index (χ2v) is 5.22. The van der Waals surface area contributed by atoms with Crippen molar-refractivity contribution in [1.82, 2.24) is 0 Å². The number of hydrogen-bond donors (Lipinski definition) is 1. The van der Waals surface area contributed by atoms with E-state index in [2.05, 4.69) is 19.2 Å². The number of nitriles is 1. The smallest absolute Gasteiger partial charge is 0.174 e. The SMILES string of the molecule is CCCCCCCC(C)Nc1cccc(OCC#N)c1. The number of nitrogens with one attached hydrogen (secondary N) is 1. The minimum absolute atomic E-state index is 0.0937. The fourth-order valence-electron chi connectivity index (χ4n) is 2.20. The van der Waals surface area contributed by atoms with Crippen molar-refractivity contribution >= 4 is 5.69 Å². The molecule has 0 heterocycles. The molecular formula is C17H26N2O. The second-order valence-electron chi connectivity index (χ2n) is 5.22. The summed E-state index contributed by atoms with van der Waals surface area (Å²) in [5.74, 6) is 0.742. The predicted octanol–water partition coefficient (Wildman–Crippen LogP) is 4.75. The van der Waals surface area contributed by atoms with E-state index in [1.807, 2.05) is 30.3 Å². The summed E-state index contributed by atoms with van der Waals surface area (Å²) in [7, 11) is 0. The van der Waals surface area contributed by atoms with Gasteiger partial charge < -0.3 is 10.1 Å². The van der Waals surface area contributed by atoms with Gasteiger partial charge in [-0.05, 0) is 25.5 Å². The van der Waals surface area contributed by atoms with E-state index in [0.29, 0.717) is 6.04 Å². The molecule has 1 atom stereocenters. The maximum Gasteiger partial charge on any atom is 0.174 e. The molecule has 3 heteroatoms. The summed E-state index contributed by atoms with van der Waals surface area (Å²) in [6.07, 6.45) is 7.78. The lowest BCUT2D eigenvalue weighted by atomic mass is 10.1. The lowest BCUT2D eigenvalue weighted by Crippen LogP contribution is -2.14. The highest BCUT2D eigenvalue weighted by Gasteiger charge is 2.03. The Balaban J connectivity index is 2.30. The molecule has 0 aliphatic rings. The van der Waals surface area contributed by atoms with E-state index < -0.39 is 0 Å². The Morgan fingerprint density at radius 1 is 1.25 bits per heavy atom. The number of benzene rings is 1. The Hall–Kier alpha value is -1.69. The highest BCUT2D eigenvalue weighted by Crippen LogP contribution is 2.19. The summed E-state index contributed by atoms with van der Waals surface area (Å²) in [6, 6.07) is 10.2. The van der Waals surface area contributed by atoms with Gasteiger partial charge in [0.15, 0.2) is 6.61 Å². The van der Waals surface area contributed by atoms with Crippen LogP contribution in [-0.2, 0) is 0 Å². The van der Waals surface area contributed by atoms with Crippen LogP contribution in [0.3, 0.4) is 0 Å². The third-order valence-electron chi connectivity index (χ3n) is 3.29. The lowest BCUT2D eigenvalue weighted by Gasteiger charge is -2.15. The summed E-state index contributed by atoms with van der Waals surface area (Å²) < 4.78 is 5.30. The predicted molar refractivity (Wildman–Crippen MR) is 84.0 cm³/mol. The number of rotatable bonds is 10. The average Bonchev–Trinajstić information content (AvgIpc) is 2.45. The van der Waals surface area contributed by atoms with E-state index in [1.165, 1.54) is 38.5 Å².